The van der Waals surface area contributed by atoms with Gasteiger partial charge in [0.1, 0.15) is 0 Å². The predicted molar refractivity (Wildman–Crippen MR) is 26.5 cm³/mol. The predicted octanol–water partition coefficient (Wildman–Crippen LogP) is -5.36. The molecule has 0 aliphatic rings. The Morgan fingerprint density at radius 2 is 1.25 bits per heavy atom. The van der Waals surface area contributed by atoms with E-state index >= 15 is 0 Å². The summed E-state index contributed by atoms with van der Waals surface area (Å²) in [7, 11) is 0. The third-order valence-corrected chi connectivity index (χ3v) is 0.496. The third-order valence-electron chi connectivity index (χ3n) is 0.496. The summed E-state index contributed by atoms with van der Waals surface area (Å²) >= 11 is 0. The van der Waals surface area contributed by atoms with E-state index in [2.05, 4.69) is 4.98 Å². The minimum absolute atomic E-state index is 0. The van der Waals surface area contributed by atoms with Crippen molar-refractivity contribution < 1.29 is 34.0 Å². The summed E-state index contributed by atoms with van der Waals surface area (Å²) in [6, 6.07) is 3.89. The number of nitrogens with one attached hydrogen (secondary N) is 1. The summed E-state index contributed by atoms with van der Waals surface area (Å²) in [6.07, 6.45) is 3.75. The van der Waals surface area contributed by atoms with Crippen LogP contribution in [0.3, 0.4) is 0 Å². The van der Waals surface area contributed by atoms with Gasteiger partial charge >= 0.3 is 23.1 Å². The number of H-pyrrole nitrogens is 1. The molecule has 1 aromatic rings. The summed E-state index contributed by atoms with van der Waals surface area (Å²) in [6.45, 7) is 0. The van der Waals surface area contributed by atoms with Gasteiger partial charge in [0.05, 0.1) is 0 Å². The van der Waals surface area contributed by atoms with Crippen molar-refractivity contribution in [1.82, 2.24) is 4.98 Å². The maximum Gasteiger partial charge on any atom is 2.00 e. The van der Waals surface area contributed by atoms with Gasteiger partial charge in [-0.3, -0.25) is 0 Å². The number of aromatic amines is 1. The summed E-state index contributed by atoms with van der Waals surface area (Å²) in [5.74, 6) is 0. The van der Waals surface area contributed by atoms with E-state index in [0.717, 1.165) is 0 Å². The van der Waals surface area contributed by atoms with Crippen molar-refractivity contribution in [3.8, 4) is 0 Å². The van der Waals surface area contributed by atoms with Crippen molar-refractivity contribution in [3.63, 3.8) is 0 Å². The van der Waals surface area contributed by atoms with Gasteiger partial charge in [0.2, 0.25) is 0 Å². The molecule has 0 radical (unpaired) electrons. The largest absolute Gasteiger partial charge is 2.00 e. The molecular weight excluding hydrogens is 246 g/mol. The van der Waals surface area contributed by atoms with Crippen LogP contribution in [0.4, 0.5) is 0 Å². The van der Waals surface area contributed by atoms with Crippen LogP contribution in [0.15, 0.2) is 24.5 Å². The van der Waals surface area contributed by atoms with E-state index in [4.69, 9.17) is 0 Å². The second kappa shape index (κ2) is 10.9. The molecule has 4 heteroatoms. The normalized spacial score (nSPS) is 5.00. The molecule has 1 aromatic heterocycles. The summed E-state index contributed by atoms with van der Waals surface area (Å²) < 4.78 is 0. The van der Waals surface area contributed by atoms with Gasteiger partial charge in [-0.05, 0) is 12.1 Å². The first kappa shape index (κ1) is 16.0. The van der Waals surface area contributed by atoms with Gasteiger partial charge in [-0.25, -0.2) is 0 Å². The maximum absolute atomic E-state index is 2.86. The number of rotatable bonds is 0. The Kier molecular flexibility index (Phi) is 21.8. The van der Waals surface area contributed by atoms with Crippen LogP contribution in [0.5, 0.6) is 0 Å². The molecular formula is C4H5Br2MgN. The fourth-order valence-corrected chi connectivity index (χ4v) is 0.278. The van der Waals surface area contributed by atoms with Crippen molar-refractivity contribution in [2.75, 3.05) is 0 Å². The maximum atomic E-state index is 2.86. The molecule has 1 rings (SSSR count). The van der Waals surface area contributed by atoms with Gasteiger partial charge < -0.3 is 38.9 Å². The molecule has 0 saturated heterocycles. The molecule has 0 spiro atoms. The second-order valence-corrected chi connectivity index (χ2v) is 0.885. The Morgan fingerprint density at radius 3 is 1.38 bits per heavy atom. The molecule has 1 nitrogen and oxygen atoms in total. The molecule has 0 aliphatic heterocycles. The van der Waals surface area contributed by atoms with E-state index in [0.29, 0.717) is 0 Å². The Balaban J connectivity index is -0.0000000833. The first-order valence-corrected chi connectivity index (χ1v) is 1.58. The van der Waals surface area contributed by atoms with E-state index in [1.54, 1.807) is 0 Å². The van der Waals surface area contributed by atoms with E-state index in [1.165, 1.54) is 0 Å². The summed E-state index contributed by atoms with van der Waals surface area (Å²) in [5, 5.41) is 0. The molecule has 1 N–H and O–H groups in total. The smallest absolute Gasteiger partial charge is 1.00 e. The molecule has 0 unspecified atom stereocenters. The van der Waals surface area contributed by atoms with Crippen LogP contribution < -0.4 is 34.0 Å². The minimum atomic E-state index is 0. The summed E-state index contributed by atoms with van der Waals surface area (Å²) in [4.78, 5) is 2.86. The van der Waals surface area contributed by atoms with Crippen LogP contribution in [0.25, 0.3) is 0 Å². The van der Waals surface area contributed by atoms with Crippen molar-refractivity contribution in [1.29, 1.82) is 0 Å². The van der Waals surface area contributed by atoms with Gasteiger partial charge in [0.25, 0.3) is 0 Å². The standard InChI is InChI=1S/C4H5N.2BrH.Mg/c1-2-4-5-3-1;;;/h1-5H;2*1H;/q;;;+2/p-2. The molecule has 0 saturated carbocycles. The second-order valence-electron chi connectivity index (χ2n) is 0.885. The van der Waals surface area contributed by atoms with E-state index in [1.807, 2.05) is 24.5 Å². The van der Waals surface area contributed by atoms with Crippen molar-refractivity contribution in [2.24, 2.45) is 0 Å². The SMILES string of the molecule is [Br-].[Br-].[Mg+2].c1cc[nH]c1. The van der Waals surface area contributed by atoms with Gasteiger partial charge in [0.15, 0.2) is 0 Å². The molecule has 42 valence electrons. The first-order valence-electron chi connectivity index (χ1n) is 1.58. The van der Waals surface area contributed by atoms with Crippen molar-refractivity contribution in [3.05, 3.63) is 24.5 Å². The Morgan fingerprint density at radius 1 is 0.875 bits per heavy atom. The van der Waals surface area contributed by atoms with Crippen LogP contribution in [0, 0.1) is 0 Å². The average Bonchev–Trinajstić information content (AvgIpc) is 1.76. The van der Waals surface area contributed by atoms with Crippen LogP contribution in [-0.4, -0.2) is 28.0 Å². The molecule has 8 heavy (non-hydrogen) atoms. The molecule has 0 fully saturated rings. The van der Waals surface area contributed by atoms with Gasteiger partial charge in [0, 0.05) is 12.4 Å². The zero-order valence-corrected chi connectivity index (χ0v) is 8.86. The van der Waals surface area contributed by atoms with Gasteiger partial charge in [-0.15, -0.1) is 0 Å². The Labute approximate surface area is 85.9 Å². The quantitative estimate of drug-likeness (QED) is 0.443. The molecule has 0 bridgehead atoms. The Hall–Kier alpha value is 1.01. The average molecular weight is 251 g/mol. The number of hydrogen-bond donors (Lipinski definition) is 1. The molecule has 1 heterocycles. The van der Waals surface area contributed by atoms with Crippen LogP contribution >= 0.6 is 0 Å². The number of aromatic nitrogens is 1. The zero-order chi connectivity index (χ0) is 3.54. The Bertz CT molecular complexity index is 70.5. The van der Waals surface area contributed by atoms with Crippen LogP contribution in [-0.2, 0) is 0 Å². The topological polar surface area (TPSA) is 15.8 Å². The minimum Gasteiger partial charge on any atom is -1.00 e. The first-order chi connectivity index (χ1) is 2.50. The van der Waals surface area contributed by atoms with Crippen molar-refractivity contribution in [2.45, 2.75) is 0 Å². The summed E-state index contributed by atoms with van der Waals surface area (Å²) in [5.41, 5.74) is 0. The molecule has 0 amide bonds. The van der Waals surface area contributed by atoms with Crippen molar-refractivity contribution >= 4 is 23.1 Å². The number of halogens is 2. The molecule has 0 atom stereocenters. The van der Waals surface area contributed by atoms with Crippen LogP contribution in [0.2, 0.25) is 0 Å². The fourth-order valence-electron chi connectivity index (χ4n) is 0.278. The van der Waals surface area contributed by atoms with E-state index in [9.17, 15) is 0 Å². The fraction of sp³-hybridized carbons (Fsp3) is 0. The van der Waals surface area contributed by atoms with E-state index in [-0.39, 0.29) is 57.0 Å². The monoisotopic (exact) mass is 249 g/mol. The van der Waals surface area contributed by atoms with E-state index < -0.39 is 0 Å². The number of hydrogen-bond acceptors (Lipinski definition) is 0. The third kappa shape index (κ3) is 7.01. The molecule has 0 aliphatic carbocycles. The van der Waals surface area contributed by atoms with Gasteiger partial charge in [-0.1, -0.05) is 0 Å². The van der Waals surface area contributed by atoms with Gasteiger partial charge in [-0.2, -0.15) is 0 Å². The zero-order valence-electron chi connectivity index (χ0n) is 4.27. The molecule has 0 aromatic carbocycles. The van der Waals surface area contributed by atoms with Crippen LogP contribution in [0.1, 0.15) is 0 Å².